The SMILES string of the molecule is C=C(N=NC(N)=O)c1ccc(CC)cc1. The average Bonchev–Trinajstić information content (AvgIpc) is 2.26. The van der Waals surface area contributed by atoms with Crippen molar-refractivity contribution in [2.75, 3.05) is 0 Å². The normalized spacial score (nSPS) is 10.5. The molecule has 0 fully saturated rings. The third kappa shape index (κ3) is 3.34. The second-order valence-corrected chi connectivity index (χ2v) is 3.04. The number of nitrogens with two attached hydrogens (primary N) is 1. The van der Waals surface area contributed by atoms with Crippen LogP contribution in [0.5, 0.6) is 0 Å². The van der Waals surface area contributed by atoms with Crippen LogP contribution in [-0.2, 0) is 6.42 Å². The molecule has 0 radical (unpaired) electrons. The van der Waals surface area contributed by atoms with Gasteiger partial charge in [-0.1, -0.05) is 42.9 Å². The number of carbonyl (C=O) groups is 1. The minimum atomic E-state index is -0.818. The van der Waals surface area contributed by atoms with Gasteiger partial charge in [0.25, 0.3) is 0 Å². The summed E-state index contributed by atoms with van der Waals surface area (Å²) in [5.74, 6) is 0. The molecule has 4 nitrogen and oxygen atoms in total. The van der Waals surface area contributed by atoms with Gasteiger partial charge in [-0.05, 0) is 12.0 Å². The van der Waals surface area contributed by atoms with Crippen LogP contribution in [0.1, 0.15) is 18.1 Å². The number of rotatable bonds is 3. The highest BCUT2D eigenvalue weighted by molar-refractivity contribution is 5.73. The van der Waals surface area contributed by atoms with Crippen LogP contribution in [0, 0.1) is 0 Å². The largest absolute Gasteiger partial charge is 0.356 e. The van der Waals surface area contributed by atoms with Crippen molar-refractivity contribution in [1.82, 2.24) is 0 Å². The Morgan fingerprint density at radius 3 is 2.40 bits per heavy atom. The number of aryl methyl sites for hydroxylation is 1. The molecule has 0 atom stereocenters. The zero-order valence-electron chi connectivity index (χ0n) is 8.60. The molecule has 4 heteroatoms. The molecule has 0 saturated carbocycles. The van der Waals surface area contributed by atoms with Gasteiger partial charge in [0, 0.05) is 5.56 Å². The maximum absolute atomic E-state index is 10.4. The van der Waals surface area contributed by atoms with E-state index in [0.29, 0.717) is 5.70 Å². The van der Waals surface area contributed by atoms with Crippen molar-refractivity contribution in [2.45, 2.75) is 13.3 Å². The van der Waals surface area contributed by atoms with Crippen LogP contribution in [0.25, 0.3) is 5.70 Å². The number of carbonyl (C=O) groups excluding carboxylic acids is 1. The summed E-state index contributed by atoms with van der Waals surface area (Å²) in [7, 11) is 0. The smallest absolute Gasteiger partial charge is 0.348 e. The van der Waals surface area contributed by atoms with E-state index in [9.17, 15) is 4.79 Å². The summed E-state index contributed by atoms with van der Waals surface area (Å²) in [6, 6.07) is 6.93. The molecule has 0 aliphatic heterocycles. The number of hydrogen-bond donors (Lipinski definition) is 1. The Bertz CT molecular complexity index is 393. The summed E-state index contributed by atoms with van der Waals surface area (Å²) in [4.78, 5) is 10.4. The quantitative estimate of drug-likeness (QED) is 0.754. The Hall–Kier alpha value is -1.97. The molecule has 0 spiro atoms. The maximum atomic E-state index is 10.4. The van der Waals surface area contributed by atoms with Crippen LogP contribution in [-0.4, -0.2) is 6.03 Å². The predicted octanol–water partition coefficient (Wildman–Crippen LogP) is 2.75. The molecule has 0 saturated heterocycles. The van der Waals surface area contributed by atoms with E-state index < -0.39 is 6.03 Å². The lowest BCUT2D eigenvalue weighted by atomic mass is 10.1. The fraction of sp³-hybridized carbons (Fsp3) is 0.182. The van der Waals surface area contributed by atoms with E-state index >= 15 is 0 Å². The first-order valence-corrected chi connectivity index (χ1v) is 4.63. The van der Waals surface area contributed by atoms with E-state index in [1.54, 1.807) is 0 Å². The molecular weight excluding hydrogens is 190 g/mol. The maximum Gasteiger partial charge on any atom is 0.356 e. The topological polar surface area (TPSA) is 67.8 Å². The van der Waals surface area contributed by atoms with Gasteiger partial charge >= 0.3 is 6.03 Å². The highest BCUT2D eigenvalue weighted by atomic mass is 16.2. The van der Waals surface area contributed by atoms with E-state index in [4.69, 9.17) is 5.73 Å². The van der Waals surface area contributed by atoms with Gasteiger partial charge in [0.1, 0.15) is 0 Å². The molecule has 1 aromatic rings. The average molecular weight is 203 g/mol. The first-order chi connectivity index (χ1) is 7.13. The van der Waals surface area contributed by atoms with Gasteiger partial charge in [-0.3, -0.25) is 0 Å². The van der Waals surface area contributed by atoms with Gasteiger partial charge in [-0.25, -0.2) is 4.79 Å². The van der Waals surface area contributed by atoms with E-state index in [1.807, 2.05) is 24.3 Å². The zero-order chi connectivity index (χ0) is 11.3. The van der Waals surface area contributed by atoms with Crippen molar-refractivity contribution in [3.8, 4) is 0 Å². The predicted molar refractivity (Wildman–Crippen MR) is 59.3 cm³/mol. The van der Waals surface area contributed by atoms with Crippen molar-refractivity contribution < 1.29 is 4.79 Å². The number of nitrogens with zero attached hydrogens (tertiary/aromatic N) is 2. The Balaban J connectivity index is 2.79. The van der Waals surface area contributed by atoms with Crippen molar-refractivity contribution in [3.05, 3.63) is 42.0 Å². The number of benzene rings is 1. The number of hydrogen-bond acceptors (Lipinski definition) is 2. The molecule has 0 aromatic heterocycles. The van der Waals surface area contributed by atoms with Crippen molar-refractivity contribution in [1.29, 1.82) is 0 Å². The fourth-order valence-electron chi connectivity index (χ4n) is 1.10. The molecule has 15 heavy (non-hydrogen) atoms. The molecule has 2 N–H and O–H groups in total. The molecular formula is C11H13N3O. The van der Waals surface area contributed by atoms with E-state index in [0.717, 1.165) is 12.0 Å². The van der Waals surface area contributed by atoms with Crippen LogP contribution in [0.3, 0.4) is 0 Å². The summed E-state index contributed by atoms with van der Waals surface area (Å²) in [6.07, 6.45) is 0.982. The molecule has 0 aliphatic rings. The second kappa shape index (κ2) is 5.05. The minimum Gasteiger partial charge on any atom is -0.348 e. The highest BCUT2D eigenvalue weighted by Gasteiger charge is 1.97. The monoisotopic (exact) mass is 203 g/mol. The second-order valence-electron chi connectivity index (χ2n) is 3.04. The molecule has 78 valence electrons. The van der Waals surface area contributed by atoms with E-state index in [-0.39, 0.29) is 0 Å². The fourth-order valence-corrected chi connectivity index (χ4v) is 1.10. The number of azo groups is 1. The van der Waals surface area contributed by atoms with Gasteiger partial charge in [0.05, 0.1) is 5.70 Å². The molecule has 0 unspecified atom stereocenters. The van der Waals surface area contributed by atoms with Crippen LogP contribution in [0.15, 0.2) is 41.1 Å². The highest BCUT2D eigenvalue weighted by Crippen LogP contribution is 2.15. The van der Waals surface area contributed by atoms with E-state index in [2.05, 4.69) is 23.7 Å². The summed E-state index contributed by atoms with van der Waals surface area (Å²) in [5, 5.41) is 6.81. The molecule has 1 rings (SSSR count). The minimum absolute atomic E-state index is 0.427. The molecule has 0 bridgehead atoms. The number of primary amides is 1. The third-order valence-electron chi connectivity index (χ3n) is 1.96. The van der Waals surface area contributed by atoms with Crippen molar-refractivity contribution in [2.24, 2.45) is 16.0 Å². The third-order valence-corrected chi connectivity index (χ3v) is 1.96. The standard InChI is InChI=1S/C11H13N3O/c1-3-9-4-6-10(7-5-9)8(2)13-14-11(12)15/h4-7H,2-3H2,1H3,(H2,12,15). The van der Waals surface area contributed by atoms with Crippen molar-refractivity contribution >= 4 is 11.7 Å². The zero-order valence-corrected chi connectivity index (χ0v) is 8.60. The van der Waals surface area contributed by atoms with Crippen LogP contribution >= 0.6 is 0 Å². The van der Waals surface area contributed by atoms with Gasteiger partial charge in [0.15, 0.2) is 0 Å². The van der Waals surface area contributed by atoms with Crippen molar-refractivity contribution in [3.63, 3.8) is 0 Å². The van der Waals surface area contributed by atoms with Gasteiger partial charge in [-0.2, -0.15) is 0 Å². The summed E-state index contributed by atoms with van der Waals surface area (Å²) in [5.41, 5.74) is 7.32. The lowest BCUT2D eigenvalue weighted by molar-refractivity contribution is 0.255. The lowest BCUT2D eigenvalue weighted by Crippen LogP contribution is -2.02. The number of urea groups is 1. The summed E-state index contributed by atoms with van der Waals surface area (Å²) in [6.45, 7) is 5.76. The Morgan fingerprint density at radius 2 is 1.93 bits per heavy atom. The Kier molecular flexibility index (Phi) is 3.74. The molecule has 2 amide bonds. The van der Waals surface area contributed by atoms with Gasteiger partial charge < -0.3 is 5.73 Å². The van der Waals surface area contributed by atoms with Crippen LogP contribution in [0.2, 0.25) is 0 Å². The molecule has 0 aliphatic carbocycles. The van der Waals surface area contributed by atoms with Gasteiger partial charge in [0.2, 0.25) is 0 Å². The summed E-state index contributed by atoms with van der Waals surface area (Å²) >= 11 is 0. The van der Waals surface area contributed by atoms with E-state index in [1.165, 1.54) is 5.56 Å². The summed E-state index contributed by atoms with van der Waals surface area (Å²) < 4.78 is 0. The lowest BCUT2D eigenvalue weighted by Gasteiger charge is -2.00. The van der Waals surface area contributed by atoms with Crippen LogP contribution in [0.4, 0.5) is 4.79 Å². The Labute approximate surface area is 88.5 Å². The molecule has 1 aromatic carbocycles. The number of amides is 2. The van der Waals surface area contributed by atoms with Gasteiger partial charge in [-0.15, -0.1) is 5.11 Å². The Morgan fingerprint density at radius 1 is 1.33 bits per heavy atom. The molecule has 0 heterocycles. The first kappa shape index (κ1) is 11.1. The van der Waals surface area contributed by atoms with Crippen LogP contribution < -0.4 is 5.73 Å². The first-order valence-electron chi connectivity index (χ1n) is 4.63.